The van der Waals surface area contributed by atoms with Gasteiger partial charge in [0.2, 0.25) is 5.82 Å². The average molecular weight is 298 g/mol. The Hall–Kier alpha value is -2.58. The smallest absolute Gasteiger partial charge is 0.451 e. The minimum Gasteiger partial charge on any atom is -0.550 e. The van der Waals surface area contributed by atoms with Crippen molar-refractivity contribution < 1.29 is 27.8 Å². The van der Waals surface area contributed by atoms with E-state index in [0.717, 1.165) is 6.20 Å². The summed E-state index contributed by atoms with van der Waals surface area (Å²) >= 11 is 0. The molecule has 0 saturated heterocycles. The molecule has 0 spiro atoms. The zero-order valence-electron chi connectivity index (χ0n) is 10.5. The molecule has 0 saturated carbocycles. The van der Waals surface area contributed by atoms with Crippen molar-refractivity contribution in [2.24, 2.45) is 0 Å². The summed E-state index contributed by atoms with van der Waals surface area (Å²) in [6, 6.07) is 2.82. The fraction of sp³-hybridized carbons (Fsp3) is 0.250. The molecule has 0 aliphatic rings. The summed E-state index contributed by atoms with van der Waals surface area (Å²) in [5, 5.41) is 14.2. The number of hydrogen-bond donors (Lipinski definition) is 0. The van der Waals surface area contributed by atoms with E-state index in [0.29, 0.717) is 5.56 Å². The number of carbonyl (C=O) groups is 1. The largest absolute Gasteiger partial charge is 0.550 e. The Labute approximate surface area is 116 Å². The highest BCUT2D eigenvalue weighted by atomic mass is 19.4. The van der Waals surface area contributed by atoms with Crippen LogP contribution in [0.15, 0.2) is 30.7 Å². The summed E-state index contributed by atoms with van der Waals surface area (Å²) in [6.07, 6.45) is -1.05. The lowest BCUT2D eigenvalue weighted by Crippen LogP contribution is -2.40. The Morgan fingerprint density at radius 3 is 2.67 bits per heavy atom. The average Bonchev–Trinajstić information content (AvgIpc) is 2.45. The first kappa shape index (κ1) is 14.8. The number of aryl methyl sites for hydroxylation is 1. The van der Waals surface area contributed by atoms with Crippen LogP contribution in [0.4, 0.5) is 13.2 Å². The molecule has 0 aliphatic carbocycles. The Kier molecular flexibility index (Phi) is 4.10. The number of hydrogen-bond acceptors (Lipinski definition) is 5. The molecule has 2 aromatic rings. The summed E-state index contributed by atoms with van der Waals surface area (Å²) in [5.74, 6) is -2.44. The van der Waals surface area contributed by atoms with Gasteiger partial charge in [0.05, 0.1) is 5.69 Å². The van der Waals surface area contributed by atoms with Crippen LogP contribution in [0.1, 0.15) is 12.2 Å². The fourth-order valence-corrected chi connectivity index (χ4v) is 1.53. The molecule has 2 rings (SSSR count). The Balaban J connectivity index is 2.21. The van der Waals surface area contributed by atoms with Crippen molar-refractivity contribution >= 4 is 5.97 Å². The van der Waals surface area contributed by atoms with Crippen LogP contribution in [-0.2, 0) is 17.5 Å². The highest BCUT2D eigenvalue weighted by Gasteiger charge is 2.34. The summed E-state index contributed by atoms with van der Waals surface area (Å²) in [4.78, 5) is 16.9. The molecule has 0 unspecified atom stereocenters. The Bertz CT molecular complexity index is 644. The maximum Gasteiger partial charge on any atom is 0.451 e. The standard InChI is InChI=1S/C12H9F3N4O2/c13-12(14,15)11-16-4-1-9(18-11)8-2-5-19(17-7-8)6-3-10(20)21/h1-2,4-5,7H,3,6H2. The zero-order valence-corrected chi connectivity index (χ0v) is 10.5. The Morgan fingerprint density at radius 2 is 2.10 bits per heavy atom. The first-order valence-electron chi connectivity index (χ1n) is 5.82. The lowest BCUT2D eigenvalue weighted by molar-refractivity contribution is -0.753. The number of carbonyl (C=O) groups excluding carboxylic acids is 1. The van der Waals surface area contributed by atoms with Crippen LogP contribution in [0.25, 0.3) is 11.3 Å². The summed E-state index contributed by atoms with van der Waals surface area (Å²) < 4.78 is 38.9. The molecular formula is C12H9F3N4O2. The highest BCUT2D eigenvalue weighted by molar-refractivity contribution is 5.63. The van der Waals surface area contributed by atoms with Crippen LogP contribution < -0.4 is 9.79 Å². The highest BCUT2D eigenvalue weighted by Crippen LogP contribution is 2.27. The number of nitrogens with zero attached hydrogens (tertiary/aromatic N) is 4. The Morgan fingerprint density at radius 1 is 1.33 bits per heavy atom. The van der Waals surface area contributed by atoms with Crippen LogP contribution in [0.5, 0.6) is 0 Å². The van der Waals surface area contributed by atoms with Gasteiger partial charge in [-0.3, -0.25) is 0 Å². The third-order valence-corrected chi connectivity index (χ3v) is 2.52. The SMILES string of the molecule is O=C([O-])CC[n+]1ccc(-c2ccnc(C(F)(F)F)n2)cn1. The van der Waals surface area contributed by atoms with Gasteiger partial charge in [0, 0.05) is 30.2 Å². The minimum absolute atomic E-state index is 0.0804. The lowest BCUT2D eigenvalue weighted by atomic mass is 10.2. The topological polar surface area (TPSA) is 82.7 Å². The quantitative estimate of drug-likeness (QED) is 0.741. The van der Waals surface area contributed by atoms with E-state index >= 15 is 0 Å². The molecule has 0 amide bonds. The molecule has 2 heterocycles. The third-order valence-electron chi connectivity index (χ3n) is 2.52. The molecule has 0 N–H and O–H groups in total. The van der Waals surface area contributed by atoms with Crippen LogP contribution in [0.2, 0.25) is 0 Å². The van der Waals surface area contributed by atoms with Crippen molar-refractivity contribution in [1.29, 1.82) is 0 Å². The second-order valence-corrected chi connectivity index (χ2v) is 4.06. The van der Waals surface area contributed by atoms with Gasteiger partial charge in [0.15, 0.2) is 12.7 Å². The predicted octanol–water partition coefficient (Wildman–Crippen LogP) is -0.0151. The monoisotopic (exact) mass is 298 g/mol. The lowest BCUT2D eigenvalue weighted by Gasteiger charge is -2.05. The molecule has 0 bridgehead atoms. The predicted molar refractivity (Wildman–Crippen MR) is 60.1 cm³/mol. The van der Waals surface area contributed by atoms with E-state index in [1.54, 1.807) is 0 Å². The van der Waals surface area contributed by atoms with Crippen molar-refractivity contribution in [3.63, 3.8) is 0 Å². The van der Waals surface area contributed by atoms with Crippen LogP contribution >= 0.6 is 0 Å². The van der Waals surface area contributed by atoms with Crippen LogP contribution in [0, 0.1) is 0 Å². The van der Waals surface area contributed by atoms with E-state index in [-0.39, 0.29) is 18.7 Å². The molecule has 0 fully saturated rings. The maximum absolute atomic E-state index is 12.5. The molecule has 9 heteroatoms. The van der Waals surface area contributed by atoms with Crippen molar-refractivity contribution in [3.05, 3.63) is 36.5 Å². The third kappa shape index (κ3) is 3.94. The zero-order chi connectivity index (χ0) is 15.5. The van der Waals surface area contributed by atoms with E-state index in [1.807, 2.05) is 0 Å². The van der Waals surface area contributed by atoms with Gasteiger partial charge in [0.1, 0.15) is 6.20 Å². The second-order valence-electron chi connectivity index (χ2n) is 4.06. The van der Waals surface area contributed by atoms with Crippen LogP contribution in [-0.4, -0.2) is 21.0 Å². The molecule has 110 valence electrons. The maximum atomic E-state index is 12.5. The van der Waals surface area contributed by atoms with Crippen molar-refractivity contribution in [2.75, 3.05) is 0 Å². The van der Waals surface area contributed by atoms with E-state index in [9.17, 15) is 23.1 Å². The first-order chi connectivity index (χ1) is 9.86. The summed E-state index contributed by atoms with van der Waals surface area (Å²) in [7, 11) is 0. The molecule has 0 aromatic carbocycles. The minimum atomic E-state index is -4.62. The summed E-state index contributed by atoms with van der Waals surface area (Å²) in [6.45, 7) is 0.111. The number of aliphatic carboxylic acids is 1. The van der Waals surface area contributed by atoms with Gasteiger partial charge < -0.3 is 9.90 Å². The molecule has 0 radical (unpaired) electrons. The molecule has 0 atom stereocenters. The van der Waals surface area contributed by atoms with Crippen molar-refractivity contribution in [2.45, 2.75) is 19.1 Å². The second kappa shape index (κ2) is 5.81. The number of alkyl halides is 3. The fourth-order valence-electron chi connectivity index (χ4n) is 1.53. The number of halogens is 3. The van der Waals surface area contributed by atoms with Gasteiger partial charge in [-0.15, -0.1) is 0 Å². The molecule has 21 heavy (non-hydrogen) atoms. The van der Waals surface area contributed by atoms with Crippen LogP contribution in [0.3, 0.4) is 0 Å². The molecule has 0 aliphatic heterocycles. The first-order valence-corrected chi connectivity index (χ1v) is 5.82. The normalized spacial score (nSPS) is 11.4. The van der Waals surface area contributed by atoms with Crippen molar-refractivity contribution in [1.82, 2.24) is 15.1 Å². The number of carboxylic acids is 1. The van der Waals surface area contributed by atoms with Crippen molar-refractivity contribution in [3.8, 4) is 11.3 Å². The van der Waals surface area contributed by atoms with Gasteiger partial charge in [-0.25, -0.2) is 9.97 Å². The number of aromatic nitrogens is 4. The van der Waals surface area contributed by atoms with Gasteiger partial charge >= 0.3 is 6.18 Å². The van der Waals surface area contributed by atoms with E-state index < -0.39 is 18.0 Å². The number of rotatable bonds is 4. The summed E-state index contributed by atoms with van der Waals surface area (Å²) in [5.41, 5.74) is 0.449. The number of carboxylic acid groups (broad SMARTS) is 1. The van der Waals surface area contributed by atoms with E-state index in [1.165, 1.54) is 29.2 Å². The molecular weight excluding hydrogens is 289 g/mol. The van der Waals surface area contributed by atoms with E-state index in [2.05, 4.69) is 15.1 Å². The van der Waals surface area contributed by atoms with Gasteiger partial charge in [0.25, 0.3) is 0 Å². The molecule has 6 nitrogen and oxygen atoms in total. The van der Waals surface area contributed by atoms with Gasteiger partial charge in [-0.2, -0.15) is 13.2 Å². The molecule has 2 aromatic heterocycles. The van der Waals surface area contributed by atoms with Gasteiger partial charge in [-0.1, -0.05) is 4.68 Å². The van der Waals surface area contributed by atoms with E-state index in [4.69, 9.17) is 0 Å². The van der Waals surface area contributed by atoms with Gasteiger partial charge in [-0.05, 0) is 11.2 Å².